The smallest absolute Gasteiger partial charge is 0.236 e. The summed E-state index contributed by atoms with van der Waals surface area (Å²) in [7, 11) is 1.91. The summed E-state index contributed by atoms with van der Waals surface area (Å²) in [5, 5.41) is 0. The van der Waals surface area contributed by atoms with E-state index in [4.69, 9.17) is 4.42 Å². The molecule has 0 bridgehead atoms. The normalized spacial score (nSPS) is 16.6. The molecule has 2 heterocycles. The van der Waals surface area contributed by atoms with Gasteiger partial charge >= 0.3 is 0 Å². The van der Waals surface area contributed by atoms with Crippen LogP contribution in [0.3, 0.4) is 0 Å². The standard InChI is InChI=1S/C25H28FN3O2/c1-28(16-20-9-11-22(26)12-10-20)18-24(30)29-13-5-8-21(17-29)25-27-15-23(31-25)14-19-6-3-2-4-7-19/h2-4,6-7,9-12,15,21H,5,8,13-14,16-18H2,1H3/t21-/m1/s1. The van der Waals surface area contributed by atoms with Crippen molar-refractivity contribution < 1.29 is 13.6 Å². The molecule has 5 nitrogen and oxygen atoms in total. The first-order valence-corrected chi connectivity index (χ1v) is 10.8. The van der Waals surface area contributed by atoms with E-state index in [2.05, 4.69) is 17.1 Å². The van der Waals surface area contributed by atoms with E-state index in [0.717, 1.165) is 43.0 Å². The van der Waals surface area contributed by atoms with Crippen molar-refractivity contribution in [2.45, 2.75) is 31.7 Å². The quantitative estimate of drug-likeness (QED) is 0.573. The number of amides is 1. The molecule has 3 aromatic rings. The van der Waals surface area contributed by atoms with Crippen LogP contribution >= 0.6 is 0 Å². The van der Waals surface area contributed by atoms with Gasteiger partial charge in [-0.1, -0.05) is 42.5 Å². The number of halogens is 1. The van der Waals surface area contributed by atoms with Crippen LogP contribution in [0.1, 0.15) is 41.5 Å². The molecule has 6 heteroatoms. The van der Waals surface area contributed by atoms with Crippen molar-refractivity contribution in [3.63, 3.8) is 0 Å². The number of aromatic nitrogens is 1. The van der Waals surface area contributed by atoms with Gasteiger partial charge in [0, 0.05) is 26.1 Å². The zero-order chi connectivity index (χ0) is 21.6. The molecule has 1 aromatic heterocycles. The Bertz CT molecular complexity index is 988. The molecule has 1 aliphatic rings. The molecule has 1 fully saturated rings. The molecule has 2 aromatic carbocycles. The second-order valence-electron chi connectivity index (χ2n) is 8.30. The highest BCUT2D eigenvalue weighted by Gasteiger charge is 2.28. The van der Waals surface area contributed by atoms with Gasteiger partial charge in [-0.2, -0.15) is 0 Å². The molecule has 0 radical (unpaired) electrons. The van der Waals surface area contributed by atoms with Crippen molar-refractivity contribution >= 4 is 5.91 Å². The van der Waals surface area contributed by atoms with Gasteiger partial charge in [-0.25, -0.2) is 9.37 Å². The molecule has 162 valence electrons. The molecule has 1 saturated heterocycles. The molecule has 31 heavy (non-hydrogen) atoms. The van der Waals surface area contributed by atoms with E-state index in [-0.39, 0.29) is 17.6 Å². The number of oxazole rings is 1. The molecular weight excluding hydrogens is 393 g/mol. The lowest BCUT2D eigenvalue weighted by atomic mass is 9.98. The summed E-state index contributed by atoms with van der Waals surface area (Å²) in [6, 6.07) is 16.6. The second-order valence-corrected chi connectivity index (χ2v) is 8.30. The Morgan fingerprint density at radius 3 is 2.71 bits per heavy atom. The average molecular weight is 422 g/mol. The van der Waals surface area contributed by atoms with E-state index < -0.39 is 0 Å². The minimum absolute atomic E-state index is 0.102. The number of piperidine rings is 1. The Morgan fingerprint density at radius 2 is 1.94 bits per heavy atom. The maximum Gasteiger partial charge on any atom is 0.236 e. The number of carbonyl (C=O) groups excluding carboxylic acids is 1. The van der Waals surface area contributed by atoms with Crippen LogP contribution in [0.2, 0.25) is 0 Å². The number of likely N-dealkylation sites (tertiary alicyclic amines) is 1. The minimum Gasteiger partial charge on any atom is -0.445 e. The van der Waals surface area contributed by atoms with Crippen LogP contribution in [0.4, 0.5) is 4.39 Å². The maximum absolute atomic E-state index is 13.1. The maximum atomic E-state index is 13.1. The summed E-state index contributed by atoms with van der Waals surface area (Å²) >= 11 is 0. The molecular formula is C25H28FN3O2. The van der Waals surface area contributed by atoms with Crippen LogP contribution in [0, 0.1) is 5.82 Å². The van der Waals surface area contributed by atoms with E-state index in [1.165, 1.54) is 17.7 Å². The number of carbonyl (C=O) groups is 1. The molecule has 0 N–H and O–H groups in total. The van der Waals surface area contributed by atoms with E-state index in [1.54, 1.807) is 18.3 Å². The van der Waals surface area contributed by atoms with Crippen LogP contribution in [-0.4, -0.2) is 47.4 Å². The third-order valence-corrected chi connectivity index (χ3v) is 5.69. The average Bonchev–Trinajstić information content (AvgIpc) is 3.24. The summed E-state index contributed by atoms with van der Waals surface area (Å²) < 4.78 is 19.1. The van der Waals surface area contributed by atoms with Crippen molar-refractivity contribution in [1.82, 2.24) is 14.8 Å². The highest BCUT2D eigenvalue weighted by molar-refractivity contribution is 5.78. The lowest BCUT2D eigenvalue weighted by molar-refractivity contribution is -0.133. The van der Waals surface area contributed by atoms with Crippen molar-refractivity contribution in [3.05, 3.63) is 89.4 Å². The van der Waals surface area contributed by atoms with Gasteiger partial charge in [0.2, 0.25) is 5.91 Å². The highest BCUT2D eigenvalue weighted by Crippen LogP contribution is 2.27. The minimum atomic E-state index is -0.250. The van der Waals surface area contributed by atoms with Crippen molar-refractivity contribution in [3.8, 4) is 0 Å². The second kappa shape index (κ2) is 9.88. The molecule has 1 amide bonds. The first-order valence-electron chi connectivity index (χ1n) is 10.8. The third kappa shape index (κ3) is 5.79. The molecule has 0 saturated carbocycles. The molecule has 0 spiro atoms. The van der Waals surface area contributed by atoms with Gasteiger partial charge in [0.15, 0.2) is 5.89 Å². The van der Waals surface area contributed by atoms with E-state index in [1.807, 2.05) is 35.0 Å². The van der Waals surface area contributed by atoms with Gasteiger partial charge in [-0.05, 0) is 43.1 Å². The van der Waals surface area contributed by atoms with E-state index >= 15 is 0 Å². The van der Waals surface area contributed by atoms with Gasteiger partial charge in [0.1, 0.15) is 11.6 Å². The van der Waals surface area contributed by atoms with Crippen LogP contribution in [0.5, 0.6) is 0 Å². The molecule has 1 aliphatic heterocycles. The number of nitrogens with zero attached hydrogens (tertiary/aromatic N) is 3. The van der Waals surface area contributed by atoms with Crippen molar-refractivity contribution in [2.24, 2.45) is 0 Å². The van der Waals surface area contributed by atoms with E-state index in [9.17, 15) is 9.18 Å². The fourth-order valence-corrected chi connectivity index (χ4v) is 4.08. The molecule has 1 atom stereocenters. The number of rotatable bonds is 7. The Morgan fingerprint density at radius 1 is 1.16 bits per heavy atom. The monoisotopic (exact) mass is 421 g/mol. The Kier molecular flexibility index (Phi) is 6.77. The summed E-state index contributed by atoms with van der Waals surface area (Å²) in [4.78, 5) is 21.2. The topological polar surface area (TPSA) is 49.6 Å². The third-order valence-electron chi connectivity index (χ3n) is 5.69. The van der Waals surface area contributed by atoms with Gasteiger partial charge in [-0.15, -0.1) is 0 Å². The van der Waals surface area contributed by atoms with Gasteiger partial charge in [0.25, 0.3) is 0 Å². The Balaban J connectivity index is 1.31. The van der Waals surface area contributed by atoms with Gasteiger partial charge in [-0.3, -0.25) is 9.69 Å². The predicted molar refractivity (Wildman–Crippen MR) is 117 cm³/mol. The van der Waals surface area contributed by atoms with Gasteiger partial charge < -0.3 is 9.32 Å². The first-order chi connectivity index (χ1) is 15.1. The molecule has 0 aliphatic carbocycles. The van der Waals surface area contributed by atoms with Crippen LogP contribution in [-0.2, 0) is 17.8 Å². The van der Waals surface area contributed by atoms with E-state index in [0.29, 0.717) is 19.6 Å². The summed E-state index contributed by atoms with van der Waals surface area (Å²) in [6.07, 6.45) is 4.44. The first kappa shape index (κ1) is 21.2. The Labute approximate surface area is 182 Å². The molecule has 4 rings (SSSR count). The number of benzene rings is 2. The number of hydrogen-bond acceptors (Lipinski definition) is 4. The van der Waals surface area contributed by atoms with Gasteiger partial charge in [0.05, 0.1) is 18.7 Å². The number of hydrogen-bond donors (Lipinski definition) is 0. The zero-order valence-electron chi connectivity index (χ0n) is 17.8. The zero-order valence-corrected chi connectivity index (χ0v) is 17.8. The summed E-state index contributed by atoms with van der Waals surface area (Å²) in [5.74, 6) is 1.56. The SMILES string of the molecule is CN(CC(=O)N1CCC[C@@H](c2ncc(Cc3ccccc3)o2)C1)Cc1ccc(F)cc1. The largest absolute Gasteiger partial charge is 0.445 e. The summed E-state index contributed by atoms with van der Waals surface area (Å²) in [6.45, 7) is 2.33. The lowest BCUT2D eigenvalue weighted by Gasteiger charge is -2.32. The Hall–Kier alpha value is -2.99. The van der Waals surface area contributed by atoms with Crippen LogP contribution in [0.15, 0.2) is 65.2 Å². The lowest BCUT2D eigenvalue weighted by Crippen LogP contribution is -2.43. The fraction of sp³-hybridized carbons (Fsp3) is 0.360. The fourth-order valence-electron chi connectivity index (χ4n) is 4.08. The number of likely N-dealkylation sites (N-methyl/N-ethyl adjacent to an activating group) is 1. The van der Waals surface area contributed by atoms with Crippen LogP contribution < -0.4 is 0 Å². The van der Waals surface area contributed by atoms with Crippen molar-refractivity contribution in [2.75, 3.05) is 26.7 Å². The van der Waals surface area contributed by atoms with Crippen LogP contribution in [0.25, 0.3) is 0 Å². The highest BCUT2D eigenvalue weighted by atomic mass is 19.1. The van der Waals surface area contributed by atoms with Crippen molar-refractivity contribution in [1.29, 1.82) is 0 Å². The molecule has 0 unspecified atom stereocenters. The summed E-state index contributed by atoms with van der Waals surface area (Å²) in [5.41, 5.74) is 2.17. The predicted octanol–water partition coefficient (Wildman–Crippen LogP) is 4.24.